The van der Waals surface area contributed by atoms with E-state index in [-0.39, 0.29) is 11.5 Å². The van der Waals surface area contributed by atoms with Gasteiger partial charge in [0, 0.05) is 57.3 Å². The highest BCUT2D eigenvalue weighted by atomic mass is 16.1. The van der Waals surface area contributed by atoms with E-state index >= 15 is 0 Å². The fraction of sp³-hybridized carbons (Fsp3) is 0.429. The summed E-state index contributed by atoms with van der Waals surface area (Å²) < 4.78 is 1.74. The Bertz CT molecular complexity index is 1140. The summed E-state index contributed by atoms with van der Waals surface area (Å²) in [5, 5.41) is 7.27. The molecule has 0 aromatic carbocycles. The number of hydrogen-bond acceptors (Lipinski definition) is 6. The second kappa shape index (κ2) is 7.91. The number of pyridine rings is 1. The molecule has 1 aliphatic heterocycles. The molecule has 0 atom stereocenters. The van der Waals surface area contributed by atoms with Crippen molar-refractivity contribution in [3.8, 4) is 0 Å². The molecule has 0 saturated carbocycles. The molecule has 0 spiro atoms. The van der Waals surface area contributed by atoms with E-state index in [1.807, 2.05) is 39.1 Å². The Morgan fingerprint density at radius 3 is 2.83 bits per heavy atom. The topological polar surface area (TPSA) is 98.6 Å². The van der Waals surface area contributed by atoms with Gasteiger partial charge in [-0.2, -0.15) is 5.10 Å². The lowest BCUT2D eigenvalue weighted by molar-refractivity contribution is 0.0957. The van der Waals surface area contributed by atoms with Gasteiger partial charge in [0.25, 0.3) is 11.5 Å². The Kier molecular flexibility index (Phi) is 5.29. The highest BCUT2D eigenvalue weighted by Gasteiger charge is 2.32. The summed E-state index contributed by atoms with van der Waals surface area (Å²) in [5.74, 6) is -0.179. The summed E-state index contributed by atoms with van der Waals surface area (Å²) in [6, 6.07) is 6.10. The standard InChI is InChI=1S/C21H27N7O2/c1-5-14-9-28-18(24-20(14)29)8-15(25-28)10-27-11-16(12-27)26(4)17-7-6-13(2)23-19(17)21(30)22-3/h6-9,16H,5,10-12H2,1-4H3,(H,22,30)(H,24,29). The van der Waals surface area contributed by atoms with E-state index in [4.69, 9.17) is 0 Å². The van der Waals surface area contributed by atoms with Crippen LogP contribution in [-0.4, -0.2) is 63.6 Å². The molecule has 1 fully saturated rings. The normalized spacial score (nSPS) is 14.7. The number of aryl methyl sites for hydroxylation is 2. The van der Waals surface area contributed by atoms with E-state index in [0.717, 1.165) is 35.7 Å². The predicted octanol–water partition coefficient (Wildman–Crippen LogP) is 0.969. The first-order valence-corrected chi connectivity index (χ1v) is 10.1. The fourth-order valence-electron chi connectivity index (χ4n) is 3.83. The summed E-state index contributed by atoms with van der Waals surface area (Å²) in [4.78, 5) is 36.0. The van der Waals surface area contributed by atoms with Crippen LogP contribution >= 0.6 is 0 Å². The lowest BCUT2D eigenvalue weighted by Crippen LogP contribution is -2.58. The molecule has 30 heavy (non-hydrogen) atoms. The minimum Gasteiger partial charge on any atom is -0.367 e. The van der Waals surface area contributed by atoms with Gasteiger partial charge >= 0.3 is 0 Å². The van der Waals surface area contributed by atoms with E-state index in [2.05, 4.69) is 30.2 Å². The first kappa shape index (κ1) is 20.1. The maximum absolute atomic E-state index is 12.2. The number of nitrogens with one attached hydrogen (secondary N) is 2. The van der Waals surface area contributed by atoms with Crippen molar-refractivity contribution >= 4 is 17.2 Å². The summed E-state index contributed by atoms with van der Waals surface area (Å²) in [6.45, 7) is 6.28. The van der Waals surface area contributed by atoms with Crippen molar-refractivity contribution in [3.05, 3.63) is 57.4 Å². The molecule has 1 saturated heterocycles. The molecule has 0 bridgehead atoms. The number of rotatable bonds is 6. The van der Waals surface area contributed by atoms with E-state index in [1.165, 1.54) is 0 Å². The number of amides is 1. The number of H-pyrrole nitrogens is 1. The molecule has 3 aromatic rings. The Morgan fingerprint density at radius 1 is 1.37 bits per heavy atom. The number of carbonyl (C=O) groups is 1. The molecule has 0 aliphatic carbocycles. The monoisotopic (exact) mass is 409 g/mol. The maximum Gasteiger partial charge on any atom is 0.271 e. The largest absolute Gasteiger partial charge is 0.367 e. The molecular formula is C21H27N7O2. The molecular weight excluding hydrogens is 382 g/mol. The minimum atomic E-state index is -0.179. The zero-order chi connectivity index (χ0) is 21.4. The third-order valence-corrected chi connectivity index (χ3v) is 5.69. The summed E-state index contributed by atoms with van der Waals surface area (Å²) in [7, 11) is 3.62. The first-order valence-electron chi connectivity index (χ1n) is 10.1. The molecule has 9 heteroatoms. The molecule has 2 N–H and O–H groups in total. The number of nitrogens with zero attached hydrogens (tertiary/aromatic N) is 5. The van der Waals surface area contributed by atoms with Gasteiger partial charge in [-0.05, 0) is 25.5 Å². The molecule has 9 nitrogen and oxygen atoms in total. The van der Waals surface area contributed by atoms with Gasteiger partial charge in [-0.1, -0.05) is 6.92 Å². The van der Waals surface area contributed by atoms with Crippen LogP contribution < -0.4 is 15.8 Å². The number of likely N-dealkylation sites (tertiary alicyclic amines) is 1. The van der Waals surface area contributed by atoms with Gasteiger partial charge in [-0.3, -0.25) is 14.5 Å². The number of likely N-dealkylation sites (N-methyl/N-ethyl adjacent to an activating group) is 1. The number of fused-ring (bicyclic) bond motifs is 1. The minimum absolute atomic E-state index is 0.0549. The average molecular weight is 409 g/mol. The number of anilines is 1. The van der Waals surface area contributed by atoms with E-state index in [1.54, 1.807) is 17.8 Å². The Labute approximate surface area is 174 Å². The van der Waals surface area contributed by atoms with Crippen molar-refractivity contribution in [1.29, 1.82) is 0 Å². The highest BCUT2D eigenvalue weighted by Crippen LogP contribution is 2.25. The number of aromatic amines is 1. The van der Waals surface area contributed by atoms with Gasteiger partial charge in [0.15, 0.2) is 5.69 Å². The van der Waals surface area contributed by atoms with Crippen LogP contribution in [0, 0.1) is 6.92 Å². The zero-order valence-corrected chi connectivity index (χ0v) is 17.8. The summed E-state index contributed by atoms with van der Waals surface area (Å²) in [6.07, 6.45) is 2.47. The van der Waals surface area contributed by atoms with E-state index < -0.39 is 0 Å². The second-order valence-electron chi connectivity index (χ2n) is 7.79. The van der Waals surface area contributed by atoms with Gasteiger partial charge in [-0.25, -0.2) is 9.50 Å². The quantitative estimate of drug-likeness (QED) is 0.630. The van der Waals surface area contributed by atoms with Gasteiger partial charge in [0.05, 0.1) is 17.4 Å². The van der Waals surface area contributed by atoms with Gasteiger partial charge in [-0.15, -0.1) is 0 Å². The summed E-state index contributed by atoms with van der Waals surface area (Å²) in [5.41, 5.74) is 4.40. The van der Waals surface area contributed by atoms with Crippen molar-refractivity contribution in [3.63, 3.8) is 0 Å². The molecule has 4 heterocycles. The molecule has 158 valence electrons. The highest BCUT2D eigenvalue weighted by molar-refractivity contribution is 5.97. The lowest BCUT2D eigenvalue weighted by atomic mass is 10.1. The Hall–Kier alpha value is -3.20. The second-order valence-corrected chi connectivity index (χ2v) is 7.79. The Morgan fingerprint density at radius 2 is 2.13 bits per heavy atom. The SMILES string of the molecule is CCc1cn2nc(CN3CC(N(C)c4ccc(C)nc4C(=O)NC)C3)cc2[nH]c1=O. The molecule has 1 amide bonds. The van der Waals surface area contributed by atoms with Crippen LogP contribution in [-0.2, 0) is 13.0 Å². The molecule has 3 aromatic heterocycles. The van der Waals surface area contributed by atoms with Crippen LogP contribution in [0.1, 0.15) is 34.4 Å². The zero-order valence-electron chi connectivity index (χ0n) is 17.8. The number of aromatic nitrogens is 4. The van der Waals surface area contributed by atoms with Gasteiger partial charge < -0.3 is 15.2 Å². The number of hydrogen-bond donors (Lipinski definition) is 2. The molecule has 0 radical (unpaired) electrons. The van der Waals surface area contributed by atoms with Crippen LogP contribution in [0.5, 0.6) is 0 Å². The third-order valence-electron chi connectivity index (χ3n) is 5.69. The smallest absolute Gasteiger partial charge is 0.271 e. The maximum atomic E-state index is 12.2. The molecule has 0 unspecified atom stereocenters. The van der Waals surface area contributed by atoms with E-state index in [9.17, 15) is 9.59 Å². The third kappa shape index (κ3) is 3.68. The average Bonchev–Trinajstić information content (AvgIpc) is 3.09. The van der Waals surface area contributed by atoms with Crippen molar-refractivity contribution < 1.29 is 4.79 Å². The Balaban J connectivity index is 1.44. The van der Waals surface area contributed by atoms with Crippen LogP contribution in [0.4, 0.5) is 5.69 Å². The molecule has 1 aliphatic rings. The van der Waals surface area contributed by atoms with E-state index in [0.29, 0.717) is 30.3 Å². The number of carbonyl (C=O) groups excluding carboxylic acids is 1. The van der Waals surface area contributed by atoms with Crippen molar-refractivity contribution in [2.45, 2.75) is 32.9 Å². The first-order chi connectivity index (χ1) is 14.4. The summed E-state index contributed by atoms with van der Waals surface area (Å²) >= 11 is 0. The fourth-order valence-corrected chi connectivity index (χ4v) is 3.83. The van der Waals surface area contributed by atoms with Gasteiger partial charge in [0.1, 0.15) is 5.65 Å². The van der Waals surface area contributed by atoms with Crippen molar-refractivity contribution in [2.75, 3.05) is 32.1 Å². The lowest BCUT2D eigenvalue weighted by Gasteiger charge is -2.44. The van der Waals surface area contributed by atoms with Crippen LogP contribution in [0.2, 0.25) is 0 Å². The predicted molar refractivity (Wildman–Crippen MR) is 115 cm³/mol. The van der Waals surface area contributed by atoms with Crippen LogP contribution in [0.15, 0.2) is 29.2 Å². The van der Waals surface area contributed by atoms with Gasteiger partial charge in [0.2, 0.25) is 0 Å². The molecule has 4 rings (SSSR count). The van der Waals surface area contributed by atoms with Crippen LogP contribution in [0.3, 0.4) is 0 Å². The van der Waals surface area contributed by atoms with Crippen molar-refractivity contribution in [1.82, 2.24) is 29.8 Å². The van der Waals surface area contributed by atoms with Crippen molar-refractivity contribution in [2.24, 2.45) is 0 Å². The van der Waals surface area contributed by atoms with Crippen LogP contribution in [0.25, 0.3) is 5.65 Å².